The number of nitrogens with one attached hydrogen (secondary N) is 1. The van der Waals surface area contributed by atoms with E-state index in [0.717, 1.165) is 24.8 Å². The highest BCUT2D eigenvalue weighted by atomic mass is 19.1. The van der Waals surface area contributed by atoms with Gasteiger partial charge in [0.25, 0.3) is 0 Å². The third-order valence-corrected chi connectivity index (χ3v) is 4.24. The van der Waals surface area contributed by atoms with Crippen molar-refractivity contribution in [3.8, 4) is 0 Å². The number of hydrogen-bond donors (Lipinski definition) is 2. The fraction of sp³-hybridized carbons (Fsp3) is 0.625. The van der Waals surface area contributed by atoms with Crippen LogP contribution in [0.15, 0.2) is 24.3 Å². The largest absolute Gasteiger partial charge is 0.396 e. The van der Waals surface area contributed by atoms with Gasteiger partial charge in [-0.25, -0.2) is 4.39 Å². The van der Waals surface area contributed by atoms with E-state index in [-0.39, 0.29) is 18.5 Å². The van der Waals surface area contributed by atoms with Crippen LogP contribution >= 0.6 is 0 Å². The standard InChI is InChI=1S/C16H24FNO/c1-2-15(12-7-9-14(17)10-8-12)18-16-6-4-3-5-13(16)11-19/h7-10,13,15-16,18-19H,2-6,11H2,1H3. The molecule has 106 valence electrons. The van der Waals surface area contributed by atoms with Crippen LogP contribution in [-0.4, -0.2) is 17.8 Å². The number of aliphatic hydroxyl groups is 1. The first kappa shape index (κ1) is 14.5. The normalized spacial score (nSPS) is 25.2. The summed E-state index contributed by atoms with van der Waals surface area (Å²) < 4.78 is 13.0. The molecule has 0 saturated heterocycles. The highest BCUT2D eigenvalue weighted by Gasteiger charge is 2.26. The summed E-state index contributed by atoms with van der Waals surface area (Å²) in [5, 5.41) is 13.1. The molecule has 1 saturated carbocycles. The van der Waals surface area contributed by atoms with Crippen LogP contribution in [0.1, 0.15) is 50.6 Å². The minimum absolute atomic E-state index is 0.190. The van der Waals surface area contributed by atoms with Crippen LogP contribution in [0.2, 0.25) is 0 Å². The van der Waals surface area contributed by atoms with Crippen LogP contribution in [-0.2, 0) is 0 Å². The average Bonchev–Trinajstić information content (AvgIpc) is 2.46. The molecule has 1 aliphatic rings. The molecule has 0 heterocycles. The SMILES string of the molecule is CCC(NC1CCCCC1CO)c1ccc(F)cc1. The number of aliphatic hydroxyl groups excluding tert-OH is 1. The van der Waals surface area contributed by atoms with Crippen molar-refractivity contribution in [1.29, 1.82) is 0 Å². The minimum atomic E-state index is -0.190. The molecule has 0 radical (unpaired) electrons. The summed E-state index contributed by atoms with van der Waals surface area (Å²) in [6.45, 7) is 2.40. The molecule has 3 unspecified atom stereocenters. The molecule has 19 heavy (non-hydrogen) atoms. The number of hydrogen-bond acceptors (Lipinski definition) is 2. The molecule has 1 aromatic rings. The van der Waals surface area contributed by atoms with Gasteiger partial charge in [0.1, 0.15) is 5.82 Å². The molecule has 2 N–H and O–H groups in total. The van der Waals surface area contributed by atoms with Crippen LogP contribution in [0.5, 0.6) is 0 Å². The van der Waals surface area contributed by atoms with Gasteiger partial charge in [-0.2, -0.15) is 0 Å². The first-order valence-electron chi connectivity index (χ1n) is 7.37. The predicted octanol–water partition coefficient (Wildman–Crippen LogP) is 3.42. The molecule has 1 fully saturated rings. The molecule has 1 aromatic carbocycles. The van der Waals surface area contributed by atoms with Crippen molar-refractivity contribution in [3.05, 3.63) is 35.6 Å². The zero-order valence-corrected chi connectivity index (χ0v) is 11.6. The zero-order valence-electron chi connectivity index (χ0n) is 11.6. The van der Waals surface area contributed by atoms with Crippen LogP contribution in [0, 0.1) is 11.7 Å². The lowest BCUT2D eigenvalue weighted by Crippen LogP contribution is -2.42. The van der Waals surface area contributed by atoms with E-state index < -0.39 is 0 Å². The van der Waals surface area contributed by atoms with Gasteiger partial charge in [0, 0.05) is 18.7 Å². The van der Waals surface area contributed by atoms with E-state index in [9.17, 15) is 9.50 Å². The summed E-state index contributed by atoms with van der Waals surface area (Å²) in [7, 11) is 0. The summed E-state index contributed by atoms with van der Waals surface area (Å²) in [6, 6.07) is 7.38. The maximum Gasteiger partial charge on any atom is 0.123 e. The summed E-state index contributed by atoms with van der Waals surface area (Å²) >= 11 is 0. The maximum atomic E-state index is 13.0. The van der Waals surface area contributed by atoms with Crippen LogP contribution < -0.4 is 5.32 Å². The average molecular weight is 265 g/mol. The predicted molar refractivity (Wildman–Crippen MR) is 75.4 cm³/mol. The smallest absolute Gasteiger partial charge is 0.123 e. The molecular weight excluding hydrogens is 241 g/mol. The van der Waals surface area contributed by atoms with E-state index >= 15 is 0 Å². The molecule has 2 rings (SSSR count). The van der Waals surface area contributed by atoms with E-state index in [1.54, 1.807) is 0 Å². The molecule has 3 atom stereocenters. The Morgan fingerprint density at radius 1 is 1.26 bits per heavy atom. The number of halogens is 1. The van der Waals surface area contributed by atoms with Gasteiger partial charge in [-0.1, -0.05) is 31.9 Å². The first-order chi connectivity index (χ1) is 9.24. The second-order valence-electron chi connectivity index (χ2n) is 5.51. The summed E-state index contributed by atoms with van der Waals surface area (Å²) in [6.07, 6.45) is 5.65. The first-order valence-corrected chi connectivity index (χ1v) is 7.37. The van der Waals surface area contributed by atoms with Crippen molar-refractivity contribution in [1.82, 2.24) is 5.32 Å². The van der Waals surface area contributed by atoms with Gasteiger partial charge in [-0.3, -0.25) is 0 Å². The van der Waals surface area contributed by atoms with Crippen LogP contribution in [0.4, 0.5) is 4.39 Å². The highest BCUT2D eigenvalue weighted by molar-refractivity contribution is 5.20. The fourth-order valence-electron chi connectivity index (χ4n) is 3.05. The Bertz CT molecular complexity index is 379. The molecule has 0 aromatic heterocycles. The molecule has 3 heteroatoms. The molecule has 0 bridgehead atoms. The Balaban J connectivity index is 2.03. The van der Waals surface area contributed by atoms with E-state index in [4.69, 9.17) is 0 Å². The lowest BCUT2D eigenvalue weighted by Gasteiger charge is -2.34. The zero-order chi connectivity index (χ0) is 13.7. The Morgan fingerprint density at radius 3 is 2.58 bits per heavy atom. The quantitative estimate of drug-likeness (QED) is 0.855. The van der Waals surface area contributed by atoms with Crippen molar-refractivity contribution >= 4 is 0 Å². The fourth-order valence-corrected chi connectivity index (χ4v) is 3.05. The van der Waals surface area contributed by atoms with E-state index in [2.05, 4.69) is 12.2 Å². The molecule has 0 amide bonds. The Hall–Kier alpha value is -0.930. The Kier molecular flexibility index (Phi) is 5.34. The molecule has 0 aliphatic heterocycles. The monoisotopic (exact) mass is 265 g/mol. The third kappa shape index (κ3) is 3.77. The van der Waals surface area contributed by atoms with Crippen molar-refractivity contribution in [2.75, 3.05) is 6.61 Å². The van der Waals surface area contributed by atoms with Crippen molar-refractivity contribution in [2.24, 2.45) is 5.92 Å². The molecular formula is C16H24FNO. The van der Waals surface area contributed by atoms with E-state index in [1.807, 2.05) is 12.1 Å². The van der Waals surface area contributed by atoms with Gasteiger partial charge >= 0.3 is 0 Å². The number of benzene rings is 1. The van der Waals surface area contributed by atoms with Gasteiger partial charge in [-0.05, 0) is 42.9 Å². The van der Waals surface area contributed by atoms with E-state index in [1.165, 1.54) is 25.0 Å². The molecule has 0 spiro atoms. The third-order valence-electron chi connectivity index (χ3n) is 4.24. The highest BCUT2D eigenvalue weighted by Crippen LogP contribution is 2.27. The van der Waals surface area contributed by atoms with Gasteiger partial charge in [-0.15, -0.1) is 0 Å². The summed E-state index contributed by atoms with van der Waals surface area (Å²) in [5.74, 6) is 0.174. The Labute approximate surface area is 115 Å². The topological polar surface area (TPSA) is 32.3 Å². The molecule has 2 nitrogen and oxygen atoms in total. The summed E-state index contributed by atoms with van der Waals surface area (Å²) in [5.41, 5.74) is 1.13. The maximum absolute atomic E-state index is 13.0. The summed E-state index contributed by atoms with van der Waals surface area (Å²) in [4.78, 5) is 0. The van der Waals surface area contributed by atoms with Gasteiger partial charge in [0.2, 0.25) is 0 Å². The second-order valence-corrected chi connectivity index (χ2v) is 5.51. The minimum Gasteiger partial charge on any atom is -0.396 e. The van der Waals surface area contributed by atoms with Gasteiger partial charge < -0.3 is 10.4 Å². The Morgan fingerprint density at radius 2 is 1.95 bits per heavy atom. The second kappa shape index (κ2) is 7.01. The molecule has 1 aliphatic carbocycles. The van der Waals surface area contributed by atoms with Gasteiger partial charge in [0.05, 0.1) is 0 Å². The number of rotatable bonds is 5. The van der Waals surface area contributed by atoms with Crippen molar-refractivity contribution < 1.29 is 9.50 Å². The van der Waals surface area contributed by atoms with Crippen LogP contribution in [0.25, 0.3) is 0 Å². The van der Waals surface area contributed by atoms with Crippen molar-refractivity contribution in [3.63, 3.8) is 0 Å². The van der Waals surface area contributed by atoms with Crippen LogP contribution in [0.3, 0.4) is 0 Å². The van der Waals surface area contributed by atoms with Gasteiger partial charge in [0.15, 0.2) is 0 Å². The lowest BCUT2D eigenvalue weighted by atomic mass is 9.84. The lowest BCUT2D eigenvalue weighted by molar-refractivity contribution is 0.145. The van der Waals surface area contributed by atoms with E-state index in [0.29, 0.717) is 12.0 Å². The van der Waals surface area contributed by atoms with Crippen molar-refractivity contribution in [2.45, 2.75) is 51.1 Å².